The number of nitrogens with zero attached hydrogens (tertiary/aromatic N) is 4. The molecule has 5 rings (SSSR count). The number of nitrogens with two attached hydrogens (primary N) is 1. The Labute approximate surface area is 212 Å². The Morgan fingerprint density at radius 1 is 0.889 bits per heavy atom. The number of thioether (sulfide) groups is 1. The first kappa shape index (κ1) is 23.1. The first-order chi connectivity index (χ1) is 17.6. The third-order valence-corrected chi connectivity index (χ3v) is 6.44. The minimum absolute atomic E-state index is 0.0389. The molecular formula is C28H21N5O2S. The van der Waals surface area contributed by atoms with Gasteiger partial charge in [0.05, 0.1) is 27.7 Å². The lowest BCUT2D eigenvalue weighted by Gasteiger charge is -2.16. The van der Waals surface area contributed by atoms with Crippen molar-refractivity contribution < 1.29 is 4.92 Å². The lowest BCUT2D eigenvalue weighted by atomic mass is 10.1. The van der Waals surface area contributed by atoms with Crippen molar-refractivity contribution >= 4 is 45.3 Å². The van der Waals surface area contributed by atoms with E-state index in [1.807, 2.05) is 96.0 Å². The van der Waals surface area contributed by atoms with Gasteiger partial charge in [0.15, 0.2) is 0 Å². The number of benzene rings is 4. The molecule has 0 amide bonds. The fourth-order valence-electron chi connectivity index (χ4n) is 3.62. The molecule has 36 heavy (non-hydrogen) atoms. The Morgan fingerprint density at radius 2 is 1.53 bits per heavy atom. The van der Waals surface area contributed by atoms with E-state index in [-0.39, 0.29) is 5.69 Å². The molecule has 7 nitrogen and oxygen atoms in total. The standard InChI is InChI=1S/C28H21N5O2S/c29-24-13-7-8-14-25(24)30-26(20-9-3-1-4-10-20)19-27-32(22-11-5-2-6-12-22)31-28(36-27)21-15-17-23(18-16-21)33(34)35/h1-19H,29H2/b27-19+,30-26?. The SMILES string of the molecule is Nc1ccccc1N=C(/C=C1/SC(c2ccc([N+](=O)[O-])cc2)=NN1c1ccccc1)c1ccccc1. The zero-order valence-corrected chi connectivity index (χ0v) is 19.9. The van der Waals surface area contributed by atoms with Crippen molar-refractivity contribution in [2.24, 2.45) is 10.1 Å². The van der Waals surface area contributed by atoms with E-state index < -0.39 is 4.92 Å². The first-order valence-electron chi connectivity index (χ1n) is 11.2. The molecule has 1 aliphatic rings. The van der Waals surface area contributed by atoms with Crippen LogP contribution in [0.25, 0.3) is 0 Å². The summed E-state index contributed by atoms with van der Waals surface area (Å²) in [5.41, 5.74) is 10.8. The van der Waals surface area contributed by atoms with Crippen LogP contribution in [-0.2, 0) is 0 Å². The maximum Gasteiger partial charge on any atom is 0.269 e. The Bertz CT molecular complexity index is 1480. The van der Waals surface area contributed by atoms with Gasteiger partial charge in [-0.05, 0) is 54.2 Å². The van der Waals surface area contributed by atoms with Crippen LogP contribution in [0.5, 0.6) is 0 Å². The van der Waals surface area contributed by atoms with Crippen LogP contribution in [0.1, 0.15) is 11.1 Å². The average Bonchev–Trinajstić information content (AvgIpc) is 3.34. The Kier molecular flexibility index (Phi) is 6.59. The number of para-hydroxylation sites is 3. The Hall–Kier alpha value is -4.69. The predicted molar refractivity (Wildman–Crippen MR) is 148 cm³/mol. The van der Waals surface area contributed by atoms with Gasteiger partial charge in [-0.15, -0.1) is 0 Å². The summed E-state index contributed by atoms with van der Waals surface area (Å²) in [4.78, 5) is 15.6. The number of nitro groups is 1. The van der Waals surface area contributed by atoms with Crippen LogP contribution >= 0.6 is 11.8 Å². The lowest BCUT2D eigenvalue weighted by Crippen LogP contribution is -2.11. The number of hydrogen-bond acceptors (Lipinski definition) is 7. The first-order valence-corrected chi connectivity index (χ1v) is 12.0. The van der Waals surface area contributed by atoms with E-state index in [4.69, 9.17) is 15.8 Å². The van der Waals surface area contributed by atoms with Crippen LogP contribution < -0.4 is 10.7 Å². The predicted octanol–water partition coefficient (Wildman–Crippen LogP) is 6.75. The number of allylic oxidation sites excluding steroid dienone is 1. The average molecular weight is 492 g/mol. The molecule has 0 bridgehead atoms. The smallest absolute Gasteiger partial charge is 0.269 e. The van der Waals surface area contributed by atoms with Gasteiger partial charge in [-0.1, -0.05) is 60.7 Å². The van der Waals surface area contributed by atoms with Crippen LogP contribution in [0, 0.1) is 10.1 Å². The van der Waals surface area contributed by atoms with Crippen molar-refractivity contribution in [2.75, 3.05) is 10.7 Å². The molecule has 0 saturated heterocycles. The number of nitro benzene ring substituents is 1. The summed E-state index contributed by atoms with van der Waals surface area (Å²) in [6.45, 7) is 0. The number of anilines is 2. The summed E-state index contributed by atoms with van der Waals surface area (Å²) in [6, 6.07) is 33.6. The number of non-ortho nitro benzene ring substituents is 1. The third-order valence-electron chi connectivity index (χ3n) is 5.43. The molecule has 0 saturated carbocycles. The Morgan fingerprint density at radius 3 is 2.19 bits per heavy atom. The van der Waals surface area contributed by atoms with Gasteiger partial charge in [0.1, 0.15) is 10.1 Å². The molecule has 1 heterocycles. The van der Waals surface area contributed by atoms with E-state index >= 15 is 0 Å². The summed E-state index contributed by atoms with van der Waals surface area (Å²) in [5, 5.41) is 19.4. The van der Waals surface area contributed by atoms with Crippen molar-refractivity contribution in [3.8, 4) is 0 Å². The highest BCUT2D eigenvalue weighted by atomic mass is 32.2. The fraction of sp³-hybridized carbons (Fsp3) is 0. The van der Waals surface area contributed by atoms with E-state index in [0.29, 0.717) is 11.4 Å². The maximum atomic E-state index is 11.1. The molecule has 4 aromatic rings. The van der Waals surface area contributed by atoms with Gasteiger partial charge < -0.3 is 5.73 Å². The van der Waals surface area contributed by atoms with E-state index in [9.17, 15) is 10.1 Å². The van der Waals surface area contributed by atoms with Gasteiger partial charge in [0.2, 0.25) is 0 Å². The van der Waals surface area contributed by atoms with Crippen LogP contribution in [0.2, 0.25) is 0 Å². The highest BCUT2D eigenvalue weighted by molar-refractivity contribution is 8.18. The monoisotopic (exact) mass is 491 g/mol. The van der Waals surface area contributed by atoms with Gasteiger partial charge in [0, 0.05) is 23.3 Å². The summed E-state index contributed by atoms with van der Waals surface area (Å²) in [7, 11) is 0. The van der Waals surface area contributed by atoms with Gasteiger partial charge in [-0.25, -0.2) is 10.0 Å². The molecule has 0 spiro atoms. The molecule has 1 aliphatic heterocycles. The summed E-state index contributed by atoms with van der Waals surface area (Å²) < 4.78 is 0. The number of rotatable bonds is 6. The van der Waals surface area contributed by atoms with Crippen LogP contribution in [0.3, 0.4) is 0 Å². The van der Waals surface area contributed by atoms with Gasteiger partial charge >= 0.3 is 0 Å². The van der Waals surface area contributed by atoms with Crippen molar-refractivity contribution in [3.05, 3.63) is 142 Å². The van der Waals surface area contributed by atoms with E-state index in [1.165, 1.54) is 23.9 Å². The molecule has 0 aliphatic carbocycles. The molecule has 176 valence electrons. The molecule has 0 radical (unpaired) electrons. The molecule has 0 aromatic heterocycles. The normalized spacial score (nSPS) is 14.7. The molecule has 0 unspecified atom stereocenters. The van der Waals surface area contributed by atoms with Gasteiger partial charge in [0.25, 0.3) is 5.69 Å². The van der Waals surface area contributed by atoms with E-state index in [2.05, 4.69) is 0 Å². The molecular weight excluding hydrogens is 470 g/mol. The largest absolute Gasteiger partial charge is 0.397 e. The zero-order chi connectivity index (χ0) is 24.9. The van der Waals surface area contributed by atoms with Crippen molar-refractivity contribution in [1.29, 1.82) is 0 Å². The fourth-order valence-corrected chi connectivity index (χ4v) is 4.59. The number of aliphatic imine (C=N–C) groups is 1. The molecule has 0 atom stereocenters. The highest BCUT2D eigenvalue weighted by Crippen LogP contribution is 2.37. The Balaban J connectivity index is 1.60. The minimum atomic E-state index is -0.410. The molecule has 0 fully saturated rings. The number of nitrogen functional groups attached to an aromatic ring is 1. The number of hydrogen-bond donors (Lipinski definition) is 1. The maximum absolute atomic E-state index is 11.1. The van der Waals surface area contributed by atoms with Crippen LogP contribution in [-0.4, -0.2) is 15.7 Å². The summed E-state index contributed by atoms with van der Waals surface area (Å²) in [6.07, 6.45) is 1.99. The van der Waals surface area contributed by atoms with Crippen molar-refractivity contribution in [2.45, 2.75) is 0 Å². The molecule has 4 aromatic carbocycles. The molecule has 2 N–H and O–H groups in total. The second-order valence-corrected chi connectivity index (χ2v) is 8.87. The number of hydrazone groups is 1. The quantitative estimate of drug-likeness (QED) is 0.139. The zero-order valence-electron chi connectivity index (χ0n) is 19.1. The van der Waals surface area contributed by atoms with Crippen molar-refractivity contribution in [1.82, 2.24) is 0 Å². The van der Waals surface area contributed by atoms with Gasteiger partial charge in [-0.3, -0.25) is 10.1 Å². The van der Waals surface area contributed by atoms with Crippen LogP contribution in [0.15, 0.2) is 130 Å². The second kappa shape index (κ2) is 10.3. The summed E-state index contributed by atoms with van der Waals surface area (Å²) >= 11 is 1.47. The van der Waals surface area contributed by atoms with Gasteiger partial charge in [-0.2, -0.15) is 5.10 Å². The second-order valence-electron chi connectivity index (χ2n) is 7.86. The van der Waals surface area contributed by atoms with E-state index in [1.54, 1.807) is 12.1 Å². The van der Waals surface area contributed by atoms with Crippen molar-refractivity contribution in [3.63, 3.8) is 0 Å². The van der Waals surface area contributed by atoms with E-state index in [0.717, 1.165) is 32.6 Å². The van der Waals surface area contributed by atoms with Crippen LogP contribution in [0.4, 0.5) is 22.7 Å². The third kappa shape index (κ3) is 5.03. The topological polar surface area (TPSA) is 97.1 Å². The lowest BCUT2D eigenvalue weighted by molar-refractivity contribution is -0.384. The summed E-state index contributed by atoms with van der Waals surface area (Å²) in [5.74, 6) is 0. The highest BCUT2D eigenvalue weighted by Gasteiger charge is 2.25. The minimum Gasteiger partial charge on any atom is -0.397 e. The molecule has 8 heteroatoms.